The fraction of sp³-hybridized carbons (Fsp3) is 0.689. The van der Waals surface area contributed by atoms with E-state index in [1.165, 1.54) is 45.9 Å². The number of nitrogens with one attached hydrogen (secondary N) is 10. The minimum Gasteiger partial charge on any atom is -0.508 e. The number of phenols is 1. The van der Waals surface area contributed by atoms with Gasteiger partial charge in [0.1, 0.15) is 90.3 Å². The molecule has 0 unspecified atom stereocenters. The normalized spacial score (nSPS) is 20.2. The Bertz CT molecular complexity index is 3600. The molecule has 0 saturated carbocycles. The number of carboxylic acid groups (broad SMARTS) is 3. The number of nitrogens with two attached hydrogens (primary N) is 1. The van der Waals surface area contributed by atoms with Crippen LogP contribution in [-0.4, -0.2) is 303 Å². The SMILES string of the molecule is CC(C)C[C@H](NC(=O)[C@H](CCC(=O)O)NC(=O)[C@@H]1CCCN1C(=O)[C@@H]1CCCN1C(=O)[C@H](CC(C)C)NC(=O)[C@H](CC(C)C)NC(=O)[C@@H](NC(=O)[C@H](CO)NC(=O)[C@H](Cc1ccc(O)cc1)NC(=O)[C@@H]1CCCN1C(=O)[C@H](C)N)[C@@H](C)O)C(=O)N[C@@H](CO)C(=O)N[C@@H](CCC(=O)O)C(=O)N[C@H](C(=O)N1CCC[C@H]1C(=O)O)[C@@H](C)O. The summed E-state index contributed by atoms with van der Waals surface area (Å²) in [6.45, 7) is 11.9. The number of rotatable bonds is 43. The Morgan fingerprint density at radius 3 is 1.19 bits per heavy atom. The molecule has 4 aliphatic rings. The number of phenolic OH excluding ortho intramolecular Hbond substituents is 1. The van der Waals surface area contributed by atoms with Gasteiger partial charge >= 0.3 is 17.9 Å². The second kappa shape index (κ2) is 44.5. The topological polar surface area (TPSA) is 611 Å². The molecule has 0 bridgehead atoms. The molecule has 5 rings (SSSR count). The number of likely N-dealkylation sites (tertiary alicyclic amines) is 4. The summed E-state index contributed by atoms with van der Waals surface area (Å²) in [4.78, 5) is 238. The third-order valence-electron chi connectivity index (χ3n) is 20.0. The van der Waals surface area contributed by atoms with Crippen molar-refractivity contribution >= 4 is 101 Å². The number of nitrogens with zero attached hydrogens (tertiary/aromatic N) is 4. The predicted molar refractivity (Wildman–Crippen MR) is 401 cm³/mol. The van der Waals surface area contributed by atoms with Gasteiger partial charge in [0.15, 0.2) is 0 Å². The van der Waals surface area contributed by atoms with Crippen LogP contribution in [0.1, 0.15) is 164 Å². The van der Waals surface area contributed by atoms with E-state index < -0.39 is 248 Å². The van der Waals surface area contributed by atoms with E-state index in [0.29, 0.717) is 18.4 Å². The van der Waals surface area contributed by atoms with Gasteiger partial charge in [0, 0.05) is 45.4 Å². The van der Waals surface area contributed by atoms with Crippen molar-refractivity contribution in [1.29, 1.82) is 0 Å². The number of carbonyl (C=O) groups is 17. The minimum atomic E-state index is -1.92. The number of aromatic hydroxyl groups is 1. The summed E-state index contributed by atoms with van der Waals surface area (Å²) >= 11 is 0. The number of benzene rings is 1. The molecule has 0 aromatic heterocycles. The highest BCUT2D eigenvalue weighted by Gasteiger charge is 2.47. The monoisotopic (exact) mass is 1610 g/mol. The van der Waals surface area contributed by atoms with E-state index in [-0.39, 0.29) is 108 Å². The van der Waals surface area contributed by atoms with Crippen LogP contribution in [0.4, 0.5) is 0 Å². The lowest BCUT2D eigenvalue weighted by Crippen LogP contribution is -2.62. The van der Waals surface area contributed by atoms with Crippen LogP contribution >= 0.6 is 0 Å². The number of carboxylic acids is 3. The molecule has 0 radical (unpaired) electrons. The predicted octanol–water partition coefficient (Wildman–Crippen LogP) is -5.21. The molecular formula is C74H115N15O25. The lowest BCUT2D eigenvalue weighted by Gasteiger charge is -2.34. The first-order valence-corrected chi connectivity index (χ1v) is 38.6. The van der Waals surface area contributed by atoms with E-state index in [1.54, 1.807) is 41.5 Å². The maximum atomic E-state index is 14.9. The van der Waals surface area contributed by atoms with Gasteiger partial charge in [-0.25, -0.2) is 4.79 Å². The largest absolute Gasteiger partial charge is 0.508 e. The molecule has 1 aromatic rings. The highest BCUT2D eigenvalue weighted by atomic mass is 16.4. The first-order chi connectivity index (χ1) is 53.6. The third kappa shape index (κ3) is 27.5. The van der Waals surface area contributed by atoms with Gasteiger partial charge in [0.05, 0.1) is 31.5 Å². The molecule has 20 N–H and O–H groups in total. The van der Waals surface area contributed by atoms with Crippen molar-refractivity contribution in [1.82, 2.24) is 72.8 Å². The highest BCUT2D eigenvalue weighted by Crippen LogP contribution is 2.28. The van der Waals surface area contributed by atoms with E-state index >= 15 is 0 Å². The van der Waals surface area contributed by atoms with Crippen molar-refractivity contribution in [2.75, 3.05) is 39.4 Å². The van der Waals surface area contributed by atoms with Crippen molar-refractivity contribution in [3.8, 4) is 5.75 Å². The smallest absolute Gasteiger partial charge is 0.326 e. The van der Waals surface area contributed by atoms with Crippen LogP contribution in [0.25, 0.3) is 0 Å². The van der Waals surface area contributed by atoms with E-state index in [1.807, 2.05) is 0 Å². The molecule has 40 heteroatoms. The van der Waals surface area contributed by atoms with Crippen LogP contribution in [0.5, 0.6) is 5.75 Å². The Hall–Kier alpha value is -10.2. The standard InChI is InChI=1S/C74H115N15O25/c1-36(2)30-46(63(102)82-50(34-90)65(104)76-45(23-25-57(97)98)61(100)85-59(41(9)93)73(112)89-29-13-17-55(89)74(113)114)78-60(99)44(22-24-56(95)96)77-67(106)53-15-11-27-87(53)72(111)54-16-12-28-88(54)71(110)49(32-38(5)6)81-62(101)47(31-37(3)4)80-69(108)58(40(8)92)84-66(105)51(35-91)83-64(103)48(33-42-18-20-43(94)21-19-42)79-68(107)52-14-10-26-86(52)70(109)39(7)75/h18-21,36-41,44-55,58-59,90-94H,10-17,22-35,75H2,1-9H3,(H,76,104)(H,77,106)(H,78,99)(H,79,107)(H,80,108)(H,81,101)(H,82,102)(H,83,103)(H,84,105)(H,85,100)(H,95,96)(H,97,98)(H,113,114)/t39-,40+,41+,44-,45-,46-,47-,48-,49-,50-,51-,52-,53-,54-,55-,58-,59-/m0/s1. The lowest BCUT2D eigenvalue weighted by molar-refractivity contribution is -0.150. The van der Waals surface area contributed by atoms with E-state index in [0.717, 1.165) is 18.7 Å². The number of amides is 14. The summed E-state index contributed by atoms with van der Waals surface area (Å²) in [5, 5.41) is 106. The van der Waals surface area contributed by atoms with Gasteiger partial charge in [-0.2, -0.15) is 0 Å². The molecule has 0 spiro atoms. The lowest BCUT2D eigenvalue weighted by atomic mass is 9.99. The molecule has 4 heterocycles. The maximum Gasteiger partial charge on any atom is 0.326 e. The van der Waals surface area contributed by atoms with Crippen LogP contribution in [0.3, 0.4) is 0 Å². The average molecular weight is 1610 g/mol. The Labute approximate surface area is 659 Å². The van der Waals surface area contributed by atoms with Crippen LogP contribution < -0.4 is 58.9 Å². The van der Waals surface area contributed by atoms with E-state index in [2.05, 4.69) is 53.2 Å². The molecule has 40 nitrogen and oxygen atoms in total. The number of hydrogen-bond acceptors (Lipinski definition) is 23. The molecule has 4 saturated heterocycles. The molecule has 14 amide bonds. The van der Waals surface area contributed by atoms with Gasteiger partial charge in [-0.15, -0.1) is 0 Å². The molecule has 4 aliphatic heterocycles. The summed E-state index contributed by atoms with van der Waals surface area (Å²) in [7, 11) is 0. The first kappa shape index (κ1) is 94.4. The average Bonchev–Trinajstić information content (AvgIpc) is 1.64. The second-order valence-electron chi connectivity index (χ2n) is 30.8. The summed E-state index contributed by atoms with van der Waals surface area (Å²) < 4.78 is 0. The molecular weight excluding hydrogens is 1500 g/mol. The van der Waals surface area contributed by atoms with Crippen molar-refractivity contribution < 1.29 is 122 Å². The van der Waals surface area contributed by atoms with Crippen molar-refractivity contribution in [2.45, 2.75) is 268 Å². The number of carbonyl (C=O) groups excluding carboxylic acids is 14. The molecule has 17 atom stereocenters. The fourth-order valence-corrected chi connectivity index (χ4v) is 14.1. The number of hydrogen-bond donors (Lipinski definition) is 19. The fourth-order valence-electron chi connectivity index (χ4n) is 14.1. The summed E-state index contributed by atoms with van der Waals surface area (Å²) in [6, 6.07) is -16.8. The van der Waals surface area contributed by atoms with Crippen LogP contribution in [0, 0.1) is 17.8 Å². The minimum absolute atomic E-state index is 0.00328. The van der Waals surface area contributed by atoms with Gasteiger partial charge in [-0.1, -0.05) is 53.7 Å². The van der Waals surface area contributed by atoms with Gasteiger partial charge in [0.25, 0.3) is 0 Å². The van der Waals surface area contributed by atoms with Gasteiger partial charge in [-0.3, -0.25) is 76.7 Å². The molecule has 1 aromatic carbocycles. The van der Waals surface area contributed by atoms with Crippen molar-refractivity contribution in [3.05, 3.63) is 29.8 Å². The van der Waals surface area contributed by atoms with Gasteiger partial charge in [-0.05, 0) is 140 Å². The number of aliphatic hydroxyl groups excluding tert-OH is 4. The van der Waals surface area contributed by atoms with E-state index in [9.17, 15) is 122 Å². The summed E-state index contributed by atoms with van der Waals surface area (Å²) in [6.07, 6.45) is -4.72. The highest BCUT2D eigenvalue weighted by molar-refractivity contribution is 6.01. The molecule has 636 valence electrons. The summed E-state index contributed by atoms with van der Waals surface area (Å²) in [5.41, 5.74) is 6.28. The number of aliphatic hydroxyl groups is 4. The zero-order valence-electron chi connectivity index (χ0n) is 65.8. The van der Waals surface area contributed by atoms with Gasteiger partial charge in [0.2, 0.25) is 82.7 Å². The third-order valence-corrected chi connectivity index (χ3v) is 20.0. The Morgan fingerprint density at radius 1 is 0.395 bits per heavy atom. The summed E-state index contributed by atoms with van der Waals surface area (Å²) in [5.74, 6) is -18.6. The Balaban J connectivity index is 1.28. The molecule has 114 heavy (non-hydrogen) atoms. The first-order valence-electron chi connectivity index (χ1n) is 38.6. The van der Waals surface area contributed by atoms with Crippen LogP contribution in [-0.2, 0) is 87.9 Å². The Morgan fingerprint density at radius 2 is 0.737 bits per heavy atom. The van der Waals surface area contributed by atoms with Crippen LogP contribution in [0.2, 0.25) is 0 Å². The zero-order valence-corrected chi connectivity index (χ0v) is 65.8. The molecule has 4 fully saturated rings. The van der Waals surface area contributed by atoms with E-state index in [4.69, 9.17) is 5.73 Å². The molecule has 0 aliphatic carbocycles. The second-order valence-corrected chi connectivity index (χ2v) is 30.8. The quantitative estimate of drug-likeness (QED) is 0.0291. The zero-order chi connectivity index (χ0) is 85.3. The van der Waals surface area contributed by atoms with Crippen LogP contribution in [0.15, 0.2) is 24.3 Å². The Kier molecular flexibility index (Phi) is 36.8. The maximum absolute atomic E-state index is 14.9. The number of aliphatic carboxylic acids is 3. The van der Waals surface area contributed by atoms with Crippen molar-refractivity contribution in [2.24, 2.45) is 23.5 Å². The van der Waals surface area contributed by atoms with Crippen molar-refractivity contribution in [3.63, 3.8) is 0 Å². The van der Waals surface area contributed by atoms with Gasteiger partial charge < -0.3 is 119 Å².